The van der Waals surface area contributed by atoms with Gasteiger partial charge in [0.1, 0.15) is 0 Å². The molecular weight excluding hydrogens is 244 g/mol. The number of nitrogens with one attached hydrogen (secondary N) is 1. The first kappa shape index (κ1) is 11.8. The van der Waals surface area contributed by atoms with Crippen molar-refractivity contribution >= 4 is 0 Å². The minimum absolute atomic E-state index is 0.128. The summed E-state index contributed by atoms with van der Waals surface area (Å²) in [5.41, 5.74) is 1.99. The van der Waals surface area contributed by atoms with E-state index in [1.54, 1.807) is 6.92 Å². The summed E-state index contributed by atoms with van der Waals surface area (Å²) in [6, 6.07) is 5.62. The monoisotopic (exact) mass is 258 g/mol. The number of hydrogen-bond acceptors (Lipinski definition) is 4. The number of ether oxygens (including phenoxy) is 2. The lowest BCUT2D eigenvalue weighted by Gasteiger charge is -2.09. The van der Waals surface area contributed by atoms with Crippen LogP contribution < -0.4 is 15.0 Å². The average Bonchev–Trinajstić information content (AvgIpc) is 2.66. The number of hydrogen-bond donors (Lipinski definition) is 1. The van der Waals surface area contributed by atoms with Gasteiger partial charge in [-0.1, -0.05) is 0 Å². The molecule has 19 heavy (non-hydrogen) atoms. The molecule has 5 nitrogen and oxygen atoms in total. The molecule has 0 bridgehead atoms. The summed E-state index contributed by atoms with van der Waals surface area (Å²) in [7, 11) is 0. The van der Waals surface area contributed by atoms with Crippen LogP contribution in [0.3, 0.4) is 0 Å². The van der Waals surface area contributed by atoms with Crippen molar-refractivity contribution in [3.63, 3.8) is 0 Å². The van der Waals surface area contributed by atoms with E-state index < -0.39 is 0 Å². The molecule has 0 amide bonds. The number of H-pyrrole nitrogens is 1. The van der Waals surface area contributed by atoms with Crippen LogP contribution in [0.15, 0.2) is 29.3 Å². The van der Waals surface area contributed by atoms with Crippen molar-refractivity contribution in [3.05, 3.63) is 40.4 Å². The van der Waals surface area contributed by atoms with E-state index in [0.717, 1.165) is 17.7 Å². The Bertz CT molecular complexity index is 664. The molecular formula is C14H14N2O3. The lowest BCUT2D eigenvalue weighted by Crippen LogP contribution is -2.11. The second-order valence-electron chi connectivity index (χ2n) is 4.42. The van der Waals surface area contributed by atoms with Crippen molar-refractivity contribution in [1.82, 2.24) is 9.97 Å². The molecule has 1 aromatic heterocycles. The third kappa shape index (κ3) is 2.19. The molecule has 0 atom stereocenters. The number of benzene rings is 1. The van der Waals surface area contributed by atoms with E-state index in [-0.39, 0.29) is 5.56 Å². The van der Waals surface area contributed by atoms with Crippen LogP contribution in [-0.4, -0.2) is 23.2 Å². The van der Waals surface area contributed by atoms with Gasteiger partial charge in [0.05, 0.1) is 25.2 Å². The van der Waals surface area contributed by atoms with Crippen LogP contribution in [0.2, 0.25) is 0 Å². The van der Waals surface area contributed by atoms with Crippen molar-refractivity contribution < 1.29 is 9.47 Å². The number of aromatic amines is 1. The fraction of sp³-hybridized carbons (Fsp3) is 0.286. The predicted octanol–water partition coefficient (Wildman–Crippen LogP) is 1.91. The molecule has 0 fully saturated rings. The normalized spacial score (nSPS) is 13.9. The number of nitrogens with zero attached hydrogens (tertiary/aromatic N) is 1. The minimum Gasteiger partial charge on any atom is -0.490 e. The Labute approximate surface area is 110 Å². The lowest BCUT2D eigenvalue weighted by atomic mass is 10.1. The quantitative estimate of drug-likeness (QED) is 0.848. The largest absolute Gasteiger partial charge is 0.490 e. The van der Waals surface area contributed by atoms with Crippen LogP contribution in [0.25, 0.3) is 11.3 Å². The highest BCUT2D eigenvalue weighted by Gasteiger charge is 2.13. The first-order valence-corrected chi connectivity index (χ1v) is 6.20. The Hall–Kier alpha value is -2.30. The summed E-state index contributed by atoms with van der Waals surface area (Å²) < 4.78 is 11.2. The first-order chi connectivity index (χ1) is 9.25. The van der Waals surface area contributed by atoms with Gasteiger partial charge in [0.25, 0.3) is 5.56 Å². The average molecular weight is 258 g/mol. The summed E-state index contributed by atoms with van der Waals surface area (Å²) >= 11 is 0. The van der Waals surface area contributed by atoms with Crippen LogP contribution >= 0.6 is 0 Å². The van der Waals surface area contributed by atoms with Gasteiger partial charge in [-0.15, -0.1) is 0 Å². The highest BCUT2D eigenvalue weighted by molar-refractivity contribution is 5.66. The van der Waals surface area contributed by atoms with Crippen LogP contribution in [0.1, 0.15) is 12.0 Å². The maximum absolute atomic E-state index is 11.6. The topological polar surface area (TPSA) is 64.2 Å². The predicted molar refractivity (Wildman–Crippen MR) is 70.6 cm³/mol. The third-order valence-corrected chi connectivity index (χ3v) is 3.11. The fourth-order valence-electron chi connectivity index (χ4n) is 2.07. The number of fused-ring (bicyclic) bond motifs is 1. The van der Waals surface area contributed by atoms with Gasteiger partial charge in [0.15, 0.2) is 11.5 Å². The van der Waals surface area contributed by atoms with Gasteiger partial charge in [-0.25, -0.2) is 4.98 Å². The van der Waals surface area contributed by atoms with Gasteiger partial charge in [0, 0.05) is 17.5 Å². The Balaban J connectivity index is 2.09. The Morgan fingerprint density at radius 3 is 2.84 bits per heavy atom. The molecule has 2 aromatic rings. The van der Waals surface area contributed by atoms with Crippen LogP contribution in [0, 0.1) is 6.92 Å². The molecule has 0 radical (unpaired) electrons. The summed E-state index contributed by atoms with van der Waals surface area (Å²) in [4.78, 5) is 18.4. The zero-order chi connectivity index (χ0) is 13.2. The smallest absolute Gasteiger partial charge is 0.254 e. The Morgan fingerprint density at radius 1 is 1.21 bits per heavy atom. The summed E-state index contributed by atoms with van der Waals surface area (Å²) in [6.07, 6.45) is 2.28. The van der Waals surface area contributed by atoms with Crippen molar-refractivity contribution in [2.24, 2.45) is 0 Å². The Kier molecular flexibility index (Phi) is 2.95. The van der Waals surface area contributed by atoms with Gasteiger partial charge < -0.3 is 14.5 Å². The maximum atomic E-state index is 11.6. The molecule has 0 saturated carbocycles. The number of aromatic nitrogens is 2. The zero-order valence-electron chi connectivity index (χ0n) is 10.6. The molecule has 2 heterocycles. The van der Waals surface area contributed by atoms with Crippen molar-refractivity contribution in [3.8, 4) is 22.8 Å². The molecule has 0 unspecified atom stereocenters. The lowest BCUT2D eigenvalue weighted by molar-refractivity contribution is 0.297. The van der Waals surface area contributed by atoms with Gasteiger partial charge in [0.2, 0.25) is 0 Å². The molecule has 0 spiro atoms. The SMILES string of the molecule is Cc1c(-c2ccc3c(c2)OCCCO3)nc[nH]c1=O. The van der Waals surface area contributed by atoms with E-state index >= 15 is 0 Å². The van der Waals surface area contributed by atoms with Crippen LogP contribution in [0.5, 0.6) is 11.5 Å². The molecule has 98 valence electrons. The van der Waals surface area contributed by atoms with Gasteiger partial charge >= 0.3 is 0 Å². The summed E-state index contributed by atoms with van der Waals surface area (Å²) in [5.74, 6) is 1.44. The summed E-state index contributed by atoms with van der Waals surface area (Å²) in [6.45, 7) is 3.05. The standard InChI is InChI=1S/C14H14N2O3/c1-9-13(15-8-16-14(9)17)10-3-4-11-12(7-10)19-6-2-5-18-11/h3-4,7-8H,2,5-6H2,1H3,(H,15,16,17). The van der Waals surface area contributed by atoms with Gasteiger partial charge in [-0.3, -0.25) is 4.79 Å². The van der Waals surface area contributed by atoms with Gasteiger partial charge in [-0.05, 0) is 25.1 Å². The van der Waals surface area contributed by atoms with Crippen LogP contribution in [0.4, 0.5) is 0 Å². The minimum atomic E-state index is -0.128. The maximum Gasteiger partial charge on any atom is 0.254 e. The second-order valence-corrected chi connectivity index (χ2v) is 4.42. The molecule has 0 saturated heterocycles. The van der Waals surface area contributed by atoms with Crippen LogP contribution in [-0.2, 0) is 0 Å². The van der Waals surface area contributed by atoms with E-state index in [1.807, 2.05) is 18.2 Å². The Morgan fingerprint density at radius 2 is 2.00 bits per heavy atom. The molecule has 1 N–H and O–H groups in total. The zero-order valence-corrected chi connectivity index (χ0v) is 10.6. The first-order valence-electron chi connectivity index (χ1n) is 6.20. The molecule has 3 rings (SSSR count). The highest BCUT2D eigenvalue weighted by Crippen LogP contribution is 2.33. The van der Waals surface area contributed by atoms with Crippen molar-refractivity contribution in [2.75, 3.05) is 13.2 Å². The molecule has 1 aromatic carbocycles. The molecule has 1 aliphatic heterocycles. The van der Waals surface area contributed by atoms with Gasteiger partial charge in [-0.2, -0.15) is 0 Å². The van der Waals surface area contributed by atoms with Crippen molar-refractivity contribution in [1.29, 1.82) is 0 Å². The van der Waals surface area contributed by atoms with E-state index in [1.165, 1.54) is 6.33 Å². The van der Waals surface area contributed by atoms with E-state index in [9.17, 15) is 4.79 Å². The summed E-state index contributed by atoms with van der Waals surface area (Å²) in [5, 5.41) is 0. The van der Waals surface area contributed by atoms with Crippen molar-refractivity contribution in [2.45, 2.75) is 13.3 Å². The fourth-order valence-corrected chi connectivity index (χ4v) is 2.07. The molecule has 1 aliphatic rings. The molecule has 0 aliphatic carbocycles. The van der Waals surface area contributed by atoms with E-state index in [2.05, 4.69) is 9.97 Å². The third-order valence-electron chi connectivity index (χ3n) is 3.11. The molecule has 5 heteroatoms. The number of rotatable bonds is 1. The van der Waals surface area contributed by atoms with E-state index in [0.29, 0.717) is 30.2 Å². The van der Waals surface area contributed by atoms with E-state index in [4.69, 9.17) is 9.47 Å². The second kappa shape index (κ2) is 4.76. The highest BCUT2D eigenvalue weighted by atomic mass is 16.5.